The van der Waals surface area contributed by atoms with Crippen LogP contribution < -0.4 is 5.73 Å². The topological polar surface area (TPSA) is 43.8 Å². The number of hydrogen-bond donors (Lipinski definition) is 1. The van der Waals surface area contributed by atoms with Gasteiger partial charge in [0.2, 0.25) is 5.95 Å². The van der Waals surface area contributed by atoms with Crippen LogP contribution >= 0.6 is 0 Å². The largest absolute Gasteiger partial charge is 0.369 e. The minimum absolute atomic E-state index is 0.145. The lowest BCUT2D eigenvalue weighted by Gasteiger charge is -2.36. The van der Waals surface area contributed by atoms with Gasteiger partial charge in [0.15, 0.2) is 0 Å². The number of nitrogen functional groups attached to an aromatic ring is 1. The number of aromatic nitrogens is 2. The summed E-state index contributed by atoms with van der Waals surface area (Å²) in [4.78, 5) is 4.54. The van der Waals surface area contributed by atoms with Gasteiger partial charge in [-0.15, -0.1) is 0 Å². The van der Waals surface area contributed by atoms with Crippen molar-refractivity contribution in [3.63, 3.8) is 0 Å². The Morgan fingerprint density at radius 3 is 2.67 bits per heavy atom. The van der Waals surface area contributed by atoms with E-state index in [1.165, 1.54) is 43.2 Å². The molecule has 96 valence electrons. The zero-order valence-corrected chi connectivity index (χ0v) is 11.2. The van der Waals surface area contributed by atoms with Gasteiger partial charge in [-0.05, 0) is 44.4 Å². The predicted molar refractivity (Wildman–Crippen MR) is 75.6 cm³/mol. The zero-order valence-electron chi connectivity index (χ0n) is 11.2. The van der Waals surface area contributed by atoms with Gasteiger partial charge < -0.3 is 10.3 Å². The van der Waals surface area contributed by atoms with Gasteiger partial charge in [0.1, 0.15) is 0 Å². The van der Waals surface area contributed by atoms with Crippen molar-refractivity contribution >= 4 is 17.0 Å². The van der Waals surface area contributed by atoms with E-state index in [-0.39, 0.29) is 5.54 Å². The van der Waals surface area contributed by atoms with Crippen LogP contribution in [-0.2, 0) is 5.54 Å². The minimum atomic E-state index is 0.145. The molecule has 0 spiro atoms. The SMILES string of the molecule is Cc1ccc2c(c1)nc(N)n2C1(C)CCCCC1. The molecule has 1 fully saturated rings. The van der Waals surface area contributed by atoms with Crippen LogP contribution in [0.25, 0.3) is 11.0 Å². The van der Waals surface area contributed by atoms with Crippen LogP contribution in [0.3, 0.4) is 0 Å². The van der Waals surface area contributed by atoms with Gasteiger partial charge in [-0.3, -0.25) is 0 Å². The summed E-state index contributed by atoms with van der Waals surface area (Å²) in [6.07, 6.45) is 6.34. The molecule has 18 heavy (non-hydrogen) atoms. The van der Waals surface area contributed by atoms with E-state index < -0.39 is 0 Å². The average Bonchev–Trinajstić information content (AvgIpc) is 2.65. The molecule has 0 atom stereocenters. The maximum absolute atomic E-state index is 6.17. The highest BCUT2D eigenvalue weighted by molar-refractivity contribution is 5.79. The molecule has 0 unspecified atom stereocenters. The second-order valence-electron chi connectivity index (χ2n) is 5.86. The van der Waals surface area contributed by atoms with Crippen molar-refractivity contribution in [1.29, 1.82) is 0 Å². The predicted octanol–water partition coefficient (Wildman–Crippen LogP) is 3.61. The Labute approximate surface area is 108 Å². The highest BCUT2D eigenvalue weighted by atomic mass is 15.2. The molecule has 1 aromatic heterocycles. The van der Waals surface area contributed by atoms with Crippen LogP contribution in [0.15, 0.2) is 18.2 Å². The molecule has 0 saturated heterocycles. The lowest BCUT2D eigenvalue weighted by molar-refractivity contribution is 0.228. The van der Waals surface area contributed by atoms with Crippen molar-refractivity contribution in [3.8, 4) is 0 Å². The third kappa shape index (κ3) is 1.69. The number of fused-ring (bicyclic) bond motifs is 1. The minimum Gasteiger partial charge on any atom is -0.369 e. The van der Waals surface area contributed by atoms with Crippen LogP contribution in [0.1, 0.15) is 44.6 Å². The number of nitrogens with two attached hydrogens (primary N) is 1. The number of imidazole rings is 1. The van der Waals surface area contributed by atoms with Gasteiger partial charge >= 0.3 is 0 Å². The van der Waals surface area contributed by atoms with Gasteiger partial charge in [-0.1, -0.05) is 25.3 Å². The Hall–Kier alpha value is -1.51. The summed E-state index contributed by atoms with van der Waals surface area (Å²) in [5, 5.41) is 0. The fraction of sp³-hybridized carbons (Fsp3) is 0.533. The van der Waals surface area contributed by atoms with Crippen molar-refractivity contribution in [2.24, 2.45) is 0 Å². The summed E-state index contributed by atoms with van der Waals surface area (Å²) in [7, 11) is 0. The number of hydrogen-bond acceptors (Lipinski definition) is 2. The molecule has 1 saturated carbocycles. The number of rotatable bonds is 1. The van der Waals surface area contributed by atoms with Gasteiger partial charge in [-0.25, -0.2) is 4.98 Å². The summed E-state index contributed by atoms with van der Waals surface area (Å²) in [6.45, 7) is 4.42. The standard InChI is InChI=1S/C15H21N3/c1-11-6-7-13-12(10-11)17-14(16)18(13)15(2)8-4-3-5-9-15/h6-7,10H,3-5,8-9H2,1-2H3,(H2,16,17). The quantitative estimate of drug-likeness (QED) is 0.831. The van der Waals surface area contributed by atoms with E-state index in [1.807, 2.05) is 0 Å². The van der Waals surface area contributed by atoms with Crippen molar-refractivity contribution in [3.05, 3.63) is 23.8 Å². The maximum atomic E-state index is 6.17. The molecule has 1 aromatic carbocycles. The highest BCUT2D eigenvalue weighted by Gasteiger charge is 2.31. The lowest BCUT2D eigenvalue weighted by Crippen LogP contribution is -2.33. The first-order valence-corrected chi connectivity index (χ1v) is 6.85. The Morgan fingerprint density at radius 1 is 1.22 bits per heavy atom. The lowest BCUT2D eigenvalue weighted by atomic mass is 9.83. The van der Waals surface area contributed by atoms with Crippen molar-refractivity contribution in [2.75, 3.05) is 5.73 Å². The zero-order chi connectivity index (χ0) is 12.8. The monoisotopic (exact) mass is 243 g/mol. The van der Waals surface area contributed by atoms with Gasteiger partial charge in [-0.2, -0.15) is 0 Å². The molecule has 3 rings (SSSR count). The molecule has 1 heterocycles. The van der Waals surface area contributed by atoms with E-state index in [9.17, 15) is 0 Å². The summed E-state index contributed by atoms with van der Waals surface area (Å²) in [6, 6.07) is 6.43. The van der Waals surface area contributed by atoms with Crippen LogP contribution in [0.4, 0.5) is 5.95 Å². The first kappa shape index (κ1) is 11.6. The molecule has 3 nitrogen and oxygen atoms in total. The summed E-state index contributed by atoms with van der Waals surface area (Å²) in [5.74, 6) is 0.667. The Balaban J connectivity index is 2.18. The second-order valence-corrected chi connectivity index (χ2v) is 5.86. The van der Waals surface area contributed by atoms with E-state index in [0.29, 0.717) is 5.95 Å². The van der Waals surface area contributed by atoms with Gasteiger partial charge in [0.05, 0.1) is 11.0 Å². The van der Waals surface area contributed by atoms with Crippen molar-refractivity contribution in [1.82, 2.24) is 9.55 Å². The van der Waals surface area contributed by atoms with Crippen LogP contribution in [0.2, 0.25) is 0 Å². The molecule has 0 radical (unpaired) electrons. The summed E-state index contributed by atoms with van der Waals surface area (Å²) in [5.41, 5.74) is 9.76. The molecule has 0 aliphatic heterocycles. The molecular weight excluding hydrogens is 222 g/mol. The van der Waals surface area contributed by atoms with E-state index in [0.717, 1.165) is 5.52 Å². The molecule has 1 aliphatic carbocycles. The van der Waals surface area contributed by atoms with Crippen LogP contribution in [0, 0.1) is 6.92 Å². The number of benzene rings is 1. The van der Waals surface area contributed by atoms with E-state index in [4.69, 9.17) is 5.73 Å². The maximum Gasteiger partial charge on any atom is 0.201 e. The van der Waals surface area contributed by atoms with E-state index in [2.05, 4.69) is 41.6 Å². The number of anilines is 1. The normalized spacial score (nSPS) is 19.2. The number of nitrogens with zero attached hydrogens (tertiary/aromatic N) is 2. The second kappa shape index (κ2) is 4.01. The molecule has 3 heteroatoms. The van der Waals surface area contributed by atoms with E-state index in [1.54, 1.807) is 0 Å². The molecule has 2 N–H and O–H groups in total. The molecule has 0 amide bonds. The Kier molecular flexibility index (Phi) is 2.58. The summed E-state index contributed by atoms with van der Waals surface area (Å²) < 4.78 is 2.26. The molecule has 0 bridgehead atoms. The first-order valence-electron chi connectivity index (χ1n) is 6.85. The highest BCUT2D eigenvalue weighted by Crippen LogP contribution is 2.38. The first-order chi connectivity index (χ1) is 8.60. The fourth-order valence-corrected chi connectivity index (χ4v) is 3.31. The third-order valence-corrected chi connectivity index (χ3v) is 4.31. The van der Waals surface area contributed by atoms with Gasteiger partial charge in [0, 0.05) is 5.54 Å². The average molecular weight is 243 g/mol. The smallest absolute Gasteiger partial charge is 0.201 e. The van der Waals surface area contributed by atoms with Crippen molar-refractivity contribution < 1.29 is 0 Å². The number of aryl methyl sites for hydroxylation is 1. The van der Waals surface area contributed by atoms with Crippen LogP contribution in [0.5, 0.6) is 0 Å². The van der Waals surface area contributed by atoms with Crippen molar-refractivity contribution in [2.45, 2.75) is 51.5 Å². The van der Waals surface area contributed by atoms with Crippen LogP contribution in [-0.4, -0.2) is 9.55 Å². The summed E-state index contributed by atoms with van der Waals surface area (Å²) >= 11 is 0. The molecule has 1 aliphatic rings. The molecular formula is C15H21N3. The third-order valence-electron chi connectivity index (χ3n) is 4.31. The molecule has 2 aromatic rings. The Morgan fingerprint density at radius 2 is 1.94 bits per heavy atom. The fourth-order valence-electron chi connectivity index (χ4n) is 3.31. The Bertz CT molecular complexity index is 577. The van der Waals surface area contributed by atoms with E-state index >= 15 is 0 Å². The van der Waals surface area contributed by atoms with Gasteiger partial charge in [0.25, 0.3) is 0 Å².